The van der Waals surface area contributed by atoms with Crippen molar-refractivity contribution in [3.8, 4) is 11.5 Å². The molecule has 7 heteroatoms. The zero-order valence-corrected chi connectivity index (χ0v) is 15.1. The molecule has 0 aliphatic heterocycles. The van der Waals surface area contributed by atoms with Crippen LogP contribution in [0.5, 0.6) is 11.5 Å². The Balaban J connectivity index is 3.05. The molecular formula is C16H25NO5S. The maximum atomic E-state index is 12.7. The van der Waals surface area contributed by atoms with Gasteiger partial charge in [-0.2, -0.15) is 0 Å². The van der Waals surface area contributed by atoms with E-state index in [1.807, 2.05) is 6.92 Å². The Kier molecular flexibility index (Phi) is 6.87. The summed E-state index contributed by atoms with van der Waals surface area (Å²) in [5, 5.41) is 0. The van der Waals surface area contributed by atoms with E-state index in [1.165, 1.54) is 14.2 Å². The van der Waals surface area contributed by atoms with E-state index in [9.17, 15) is 13.2 Å². The highest BCUT2D eigenvalue weighted by atomic mass is 32.2. The topological polar surface area (TPSA) is 72.9 Å². The first-order chi connectivity index (χ1) is 10.8. The molecule has 0 aromatic heterocycles. The van der Waals surface area contributed by atoms with Gasteiger partial charge in [0.1, 0.15) is 0 Å². The molecule has 0 aliphatic rings. The van der Waals surface area contributed by atoms with Crippen LogP contribution >= 0.6 is 0 Å². The van der Waals surface area contributed by atoms with Crippen LogP contribution in [0.2, 0.25) is 0 Å². The number of ether oxygens (including phenoxy) is 2. The molecule has 0 aliphatic carbocycles. The largest absolute Gasteiger partial charge is 0.493 e. The normalized spacial score (nSPS) is 12.6. The minimum Gasteiger partial charge on any atom is -0.493 e. The van der Waals surface area contributed by atoms with Gasteiger partial charge in [-0.05, 0) is 32.0 Å². The molecule has 0 saturated heterocycles. The van der Waals surface area contributed by atoms with Gasteiger partial charge < -0.3 is 14.4 Å². The summed E-state index contributed by atoms with van der Waals surface area (Å²) in [6.45, 7) is 5.60. The van der Waals surface area contributed by atoms with E-state index < -0.39 is 15.9 Å². The predicted octanol–water partition coefficient (Wildman–Crippen LogP) is 1.99. The number of hydrogen-bond acceptors (Lipinski definition) is 5. The smallest absolute Gasteiger partial charge is 0.254 e. The van der Waals surface area contributed by atoms with Gasteiger partial charge in [-0.1, -0.05) is 6.92 Å². The number of benzene rings is 1. The van der Waals surface area contributed by atoms with Crippen molar-refractivity contribution < 1.29 is 22.7 Å². The molecule has 1 amide bonds. The van der Waals surface area contributed by atoms with Crippen LogP contribution in [0.3, 0.4) is 0 Å². The first kappa shape index (κ1) is 19.3. The Labute approximate surface area is 138 Å². The zero-order valence-electron chi connectivity index (χ0n) is 14.3. The third-order valence-electron chi connectivity index (χ3n) is 3.70. The number of carbonyl (C=O) groups excluding carboxylic acids is 1. The third-order valence-corrected chi connectivity index (χ3v) is 5.57. The molecule has 0 spiro atoms. The molecule has 0 N–H and O–H groups in total. The summed E-state index contributed by atoms with van der Waals surface area (Å²) in [5.74, 6) is 0.791. The number of methoxy groups -OCH3 is 2. The van der Waals surface area contributed by atoms with Gasteiger partial charge >= 0.3 is 0 Å². The van der Waals surface area contributed by atoms with Crippen LogP contribution in [0.25, 0.3) is 0 Å². The quantitative estimate of drug-likeness (QED) is 0.722. The zero-order chi connectivity index (χ0) is 17.6. The van der Waals surface area contributed by atoms with E-state index >= 15 is 0 Å². The van der Waals surface area contributed by atoms with E-state index in [4.69, 9.17) is 9.47 Å². The number of sulfone groups is 1. The van der Waals surface area contributed by atoms with E-state index in [0.717, 1.165) is 0 Å². The maximum Gasteiger partial charge on any atom is 0.254 e. The summed E-state index contributed by atoms with van der Waals surface area (Å²) in [6, 6.07) is 4.51. The molecular weight excluding hydrogens is 318 g/mol. The molecule has 1 aromatic rings. The summed E-state index contributed by atoms with van der Waals surface area (Å²) in [5.41, 5.74) is 0.435. The van der Waals surface area contributed by atoms with Crippen molar-refractivity contribution >= 4 is 15.7 Å². The molecule has 0 fully saturated rings. The van der Waals surface area contributed by atoms with E-state index in [0.29, 0.717) is 23.6 Å². The lowest BCUT2D eigenvalue weighted by atomic mass is 10.1. The van der Waals surface area contributed by atoms with Gasteiger partial charge in [-0.15, -0.1) is 0 Å². The van der Waals surface area contributed by atoms with Gasteiger partial charge in [0.15, 0.2) is 21.3 Å². The van der Waals surface area contributed by atoms with Crippen LogP contribution in [0, 0.1) is 0 Å². The summed E-state index contributed by atoms with van der Waals surface area (Å²) in [7, 11) is -0.128. The van der Waals surface area contributed by atoms with Crippen LogP contribution < -0.4 is 9.47 Å². The molecule has 23 heavy (non-hydrogen) atoms. The summed E-state index contributed by atoms with van der Waals surface area (Å²) in [4.78, 5) is 14.2. The third kappa shape index (κ3) is 4.86. The molecule has 130 valence electrons. The average Bonchev–Trinajstić information content (AvgIpc) is 2.54. The predicted molar refractivity (Wildman–Crippen MR) is 90.0 cm³/mol. The summed E-state index contributed by atoms with van der Waals surface area (Å²) >= 11 is 0. The molecule has 1 aromatic carbocycles. The molecule has 0 radical (unpaired) electrons. The minimum absolute atomic E-state index is 0.0453. The molecule has 0 unspecified atom stereocenters. The van der Waals surface area contributed by atoms with Crippen LogP contribution in [0.4, 0.5) is 0 Å². The van der Waals surface area contributed by atoms with Gasteiger partial charge in [0, 0.05) is 23.9 Å². The standard InChI is InChI=1S/C16H25NO5S/c1-6-17(12(3)11-23(19,20)7-2)16(18)13-8-9-14(21-4)15(10-13)22-5/h8-10,12H,6-7,11H2,1-5H3/t12-/m0/s1. The summed E-state index contributed by atoms with van der Waals surface area (Å²) < 4.78 is 34.0. The Morgan fingerprint density at radius 1 is 1.17 bits per heavy atom. The van der Waals surface area contributed by atoms with Gasteiger partial charge in [0.05, 0.1) is 20.0 Å². The molecule has 0 bridgehead atoms. The van der Waals surface area contributed by atoms with E-state index in [1.54, 1.807) is 36.9 Å². The highest BCUT2D eigenvalue weighted by molar-refractivity contribution is 7.91. The minimum atomic E-state index is -3.15. The number of carbonyl (C=O) groups is 1. The Morgan fingerprint density at radius 3 is 2.26 bits per heavy atom. The fourth-order valence-corrected chi connectivity index (χ4v) is 3.52. The van der Waals surface area contributed by atoms with Crippen molar-refractivity contribution in [3.05, 3.63) is 23.8 Å². The van der Waals surface area contributed by atoms with Crippen LogP contribution in [0.15, 0.2) is 18.2 Å². The van der Waals surface area contributed by atoms with Crippen molar-refractivity contribution in [2.24, 2.45) is 0 Å². The molecule has 0 saturated carbocycles. The Bertz CT molecular complexity index is 642. The van der Waals surface area contributed by atoms with Crippen LogP contribution in [-0.4, -0.2) is 57.5 Å². The van der Waals surface area contributed by atoms with E-state index in [-0.39, 0.29) is 17.4 Å². The fraction of sp³-hybridized carbons (Fsp3) is 0.562. The highest BCUT2D eigenvalue weighted by Crippen LogP contribution is 2.28. The van der Waals surface area contributed by atoms with Gasteiger partial charge in [0.25, 0.3) is 5.91 Å². The lowest BCUT2D eigenvalue weighted by molar-refractivity contribution is 0.0718. The van der Waals surface area contributed by atoms with Gasteiger partial charge in [-0.3, -0.25) is 4.79 Å². The fourth-order valence-electron chi connectivity index (χ4n) is 2.37. The first-order valence-electron chi connectivity index (χ1n) is 7.53. The van der Waals surface area contributed by atoms with Gasteiger partial charge in [-0.25, -0.2) is 8.42 Å². The first-order valence-corrected chi connectivity index (χ1v) is 9.35. The molecule has 0 heterocycles. The van der Waals surface area contributed by atoms with Crippen molar-refractivity contribution in [2.45, 2.75) is 26.8 Å². The SMILES string of the molecule is CCN(C(=O)c1ccc(OC)c(OC)c1)[C@@H](C)CS(=O)(=O)CC. The number of amides is 1. The van der Waals surface area contributed by atoms with Crippen molar-refractivity contribution in [1.82, 2.24) is 4.90 Å². The number of hydrogen-bond donors (Lipinski definition) is 0. The lowest BCUT2D eigenvalue weighted by Crippen LogP contribution is -2.42. The number of nitrogens with zero attached hydrogens (tertiary/aromatic N) is 1. The second-order valence-electron chi connectivity index (χ2n) is 5.21. The van der Waals surface area contributed by atoms with Crippen LogP contribution in [0.1, 0.15) is 31.1 Å². The number of rotatable bonds is 8. The van der Waals surface area contributed by atoms with Crippen LogP contribution in [-0.2, 0) is 9.84 Å². The van der Waals surface area contributed by atoms with Crippen molar-refractivity contribution in [1.29, 1.82) is 0 Å². The maximum absolute atomic E-state index is 12.7. The van der Waals surface area contributed by atoms with Gasteiger partial charge in [0.2, 0.25) is 0 Å². The Hall–Kier alpha value is -1.76. The van der Waals surface area contributed by atoms with Crippen molar-refractivity contribution in [3.63, 3.8) is 0 Å². The molecule has 6 nitrogen and oxygen atoms in total. The molecule has 1 atom stereocenters. The lowest BCUT2D eigenvalue weighted by Gasteiger charge is -2.28. The monoisotopic (exact) mass is 343 g/mol. The second kappa shape index (κ2) is 8.19. The van der Waals surface area contributed by atoms with Crippen molar-refractivity contribution in [2.75, 3.05) is 32.3 Å². The average molecular weight is 343 g/mol. The molecule has 1 rings (SSSR count). The second-order valence-corrected chi connectivity index (χ2v) is 7.61. The summed E-state index contributed by atoms with van der Waals surface area (Å²) in [6.07, 6.45) is 0. The van der Waals surface area contributed by atoms with E-state index in [2.05, 4.69) is 0 Å². The Morgan fingerprint density at radius 2 is 1.78 bits per heavy atom. The highest BCUT2D eigenvalue weighted by Gasteiger charge is 2.24.